The number of amides is 1. The largest absolute Gasteiger partial charge is 0.396 e. The van der Waals surface area contributed by atoms with Gasteiger partial charge < -0.3 is 15.4 Å². The Morgan fingerprint density at radius 3 is 2.91 bits per heavy atom. The van der Waals surface area contributed by atoms with E-state index in [4.69, 9.17) is 0 Å². The van der Waals surface area contributed by atoms with E-state index in [0.29, 0.717) is 13.0 Å². The second-order valence-electron chi connectivity index (χ2n) is 6.68. The number of aromatic nitrogens is 1. The third-order valence-electron chi connectivity index (χ3n) is 4.04. The van der Waals surface area contributed by atoms with Crippen LogP contribution in [0.4, 0.5) is 0 Å². The summed E-state index contributed by atoms with van der Waals surface area (Å²) in [5.41, 5.74) is 2.25. The molecule has 0 atom stereocenters. The maximum absolute atomic E-state index is 11.9. The van der Waals surface area contributed by atoms with E-state index in [2.05, 4.69) is 28.5 Å². The van der Waals surface area contributed by atoms with E-state index in [1.807, 2.05) is 26.1 Å². The topological polar surface area (TPSA) is 65.1 Å². The fourth-order valence-electron chi connectivity index (χ4n) is 2.48. The number of aliphatic hydroxyl groups is 1. The smallest absolute Gasteiger partial charge is 0.220 e. The fraction of sp³-hybridized carbons (Fsp3) is 0.500. The van der Waals surface area contributed by atoms with E-state index in [0.717, 1.165) is 24.8 Å². The molecule has 2 rings (SSSR count). The molecule has 1 aromatic carbocycles. The average Bonchev–Trinajstić information content (AvgIpc) is 2.97. The molecule has 1 aromatic heterocycles. The first-order valence-electron chi connectivity index (χ1n) is 7.94. The Morgan fingerprint density at radius 2 is 2.14 bits per heavy atom. The Morgan fingerprint density at radius 1 is 1.32 bits per heavy atom. The van der Waals surface area contributed by atoms with Gasteiger partial charge in [0.2, 0.25) is 5.91 Å². The molecule has 1 heterocycles. The zero-order valence-electron chi connectivity index (χ0n) is 13.5. The number of rotatable bonds is 8. The van der Waals surface area contributed by atoms with Gasteiger partial charge in [-0.1, -0.05) is 19.9 Å². The van der Waals surface area contributed by atoms with E-state index in [1.165, 1.54) is 10.9 Å². The first kappa shape index (κ1) is 16.6. The lowest BCUT2D eigenvalue weighted by Crippen LogP contribution is -2.26. The number of nitrogens with one attached hydrogen (secondary N) is 2. The maximum atomic E-state index is 11.9. The van der Waals surface area contributed by atoms with Crippen molar-refractivity contribution in [2.24, 2.45) is 5.41 Å². The van der Waals surface area contributed by atoms with Crippen LogP contribution < -0.4 is 5.32 Å². The number of hydrogen-bond donors (Lipinski definition) is 3. The van der Waals surface area contributed by atoms with E-state index in [-0.39, 0.29) is 17.9 Å². The van der Waals surface area contributed by atoms with E-state index in [1.54, 1.807) is 0 Å². The van der Waals surface area contributed by atoms with Crippen LogP contribution in [0.25, 0.3) is 10.9 Å². The maximum Gasteiger partial charge on any atom is 0.220 e. The monoisotopic (exact) mass is 302 g/mol. The number of hydrogen-bond acceptors (Lipinski definition) is 2. The highest BCUT2D eigenvalue weighted by atomic mass is 16.3. The molecule has 0 spiro atoms. The summed E-state index contributed by atoms with van der Waals surface area (Å²) in [5.74, 6) is 0.0935. The fourth-order valence-corrected chi connectivity index (χ4v) is 2.48. The number of aromatic amines is 1. The standard InChI is InChI=1S/C18H26N2O2/c1-18(2,13-21)9-3-10-20-17(22)7-5-14-4-6-16-15(12-14)8-11-19-16/h4,6,8,11-12,19,21H,3,5,7,9-10,13H2,1-2H3,(H,20,22). The molecule has 2 aromatic rings. The lowest BCUT2D eigenvalue weighted by molar-refractivity contribution is -0.121. The van der Waals surface area contributed by atoms with Crippen LogP contribution in [-0.4, -0.2) is 29.1 Å². The molecule has 4 heteroatoms. The third kappa shape index (κ3) is 4.88. The lowest BCUT2D eigenvalue weighted by Gasteiger charge is -2.21. The summed E-state index contributed by atoms with van der Waals surface area (Å²) in [6, 6.07) is 8.29. The summed E-state index contributed by atoms with van der Waals surface area (Å²) in [6.45, 7) is 4.93. The van der Waals surface area contributed by atoms with Crippen molar-refractivity contribution >= 4 is 16.8 Å². The molecular formula is C18H26N2O2. The number of benzene rings is 1. The second kappa shape index (κ2) is 7.45. The van der Waals surface area contributed by atoms with Gasteiger partial charge in [0.1, 0.15) is 0 Å². The van der Waals surface area contributed by atoms with E-state index < -0.39 is 0 Å². The molecule has 0 bridgehead atoms. The summed E-state index contributed by atoms with van der Waals surface area (Å²) in [7, 11) is 0. The van der Waals surface area contributed by atoms with Crippen molar-refractivity contribution in [3.63, 3.8) is 0 Å². The summed E-state index contributed by atoms with van der Waals surface area (Å²) in [4.78, 5) is 15.0. The molecule has 0 fully saturated rings. The Kier molecular flexibility index (Phi) is 5.61. The van der Waals surface area contributed by atoms with Gasteiger partial charge in [0.05, 0.1) is 0 Å². The molecule has 1 amide bonds. The number of H-pyrrole nitrogens is 1. The Balaban J connectivity index is 1.69. The van der Waals surface area contributed by atoms with Crippen molar-refractivity contribution in [1.29, 1.82) is 0 Å². The van der Waals surface area contributed by atoms with Crippen molar-refractivity contribution < 1.29 is 9.90 Å². The predicted molar refractivity (Wildman–Crippen MR) is 89.7 cm³/mol. The lowest BCUT2D eigenvalue weighted by atomic mass is 9.89. The molecule has 3 N–H and O–H groups in total. The molecule has 0 unspecified atom stereocenters. The van der Waals surface area contributed by atoms with Crippen molar-refractivity contribution in [3.05, 3.63) is 36.0 Å². The zero-order valence-corrected chi connectivity index (χ0v) is 13.5. The molecule has 22 heavy (non-hydrogen) atoms. The summed E-state index contributed by atoms with van der Waals surface area (Å²) in [6.07, 6.45) is 5.01. The molecule has 0 aliphatic rings. The van der Waals surface area contributed by atoms with Gasteiger partial charge in [0, 0.05) is 31.3 Å². The van der Waals surface area contributed by atoms with Crippen molar-refractivity contribution in [1.82, 2.24) is 10.3 Å². The van der Waals surface area contributed by atoms with Gasteiger partial charge in [-0.25, -0.2) is 0 Å². The third-order valence-corrected chi connectivity index (χ3v) is 4.04. The van der Waals surface area contributed by atoms with Gasteiger partial charge in [0.25, 0.3) is 0 Å². The van der Waals surface area contributed by atoms with Gasteiger partial charge in [-0.2, -0.15) is 0 Å². The molecular weight excluding hydrogens is 276 g/mol. The molecule has 0 saturated heterocycles. The van der Waals surface area contributed by atoms with Crippen LogP contribution in [0.5, 0.6) is 0 Å². The number of fused-ring (bicyclic) bond motifs is 1. The van der Waals surface area contributed by atoms with Crippen LogP contribution >= 0.6 is 0 Å². The summed E-state index contributed by atoms with van der Waals surface area (Å²) < 4.78 is 0. The Bertz CT molecular complexity index is 616. The second-order valence-corrected chi connectivity index (χ2v) is 6.68. The molecule has 0 saturated carbocycles. The summed E-state index contributed by atoms with van der Waals surface area (Å²) in [5, 5.41) is 13.3. The van der Waals surface area contributed by atoms with Gasteiger partial charge in [-0.3, -0.25) is 4.79 Å². The predicted octanol–water partition coefficient (Wildman–Crippen LogP) is 3.02. The first-order valence-corrected chi connectivity index (χ1v) is 7.94. The van der Waals surface area contributed by atoms with Crippen molar-refractivity contribution in [2.45, 2.75) is 39.5 Å². The van der Waals surface area contributed by atoms with Crippen LogP contribution in [0, 0.1) is 5.41 Å². The van der Waals surface area contributed by atoms with Gasteiger partial charge >= 0.3 is 0 Å². The minimum Gasteiger partial charge on any atom is -0.396 e. The van der Waals surface area contributed by atoms with Gasteiger partial charge in [0.15, 0.2) is 0 Å². The van der Waals surface area contributed by atoms with Crippen molar-refractivity contribution in [2.75, 3.05) is 13.2 Å². The SMILES string of the molecule is CC(C)(CO)CCCNC(=O)CCc1ccc2[nH]ccc2c1. The van der Waals surface area contributed by atoms with E-state index in [9.17, 15) is 9.90 Å². The van der Waals surface area contributed by atoms with Crippen LogP contribution in [-0.2, 0) is 11.2 Å². The van der Waals surface area contributed by atoms with Crippen LogP contribution in [0.3, 0.4) is 0 Å². The van der Waals surface area contributed by atoms with Gasteiger partial charge in [-0.15, -0.1) is 0 Å². The number of carbonyl (C=O) groups is 1. The first-order chi connectivity index (χ1) is 10.5. The van der Waals surface area contributed by atoms with Crippen LogP contribution in [0.2, 0.25) is 0 Å². The highest BCUT2D eigenvalue weighted by Gasteiger charge is 2.15. The van der Waals surface area contributed by atoms with Gasteiger partial charge in [-0.05, 0) is 53.8 Å². The minimum absolute atomic E-state index is 0.0588. The number of aryl methyl sites for hydroxylation is 1. The Hall–Kier alpha value is -1.81. The molecule has 4 nitrogen and oxygen atoms in total. The van der Waals surface area contributed by atoms with E-state index >= 15 is 0 Å². The average molecular weight is 302 g/mol. The highest BCUT2D eigenvalue weighted by molar-refractivity contribution is 5.80. The molecule has 0 radical (unpaired) electrons. The number of carbonyl (C=O) groups excluding carboxylic acids is 1. The summed E-state index contributed by atoms with van der Waals surface area (Å²) >= 11 is 0. The Labute approximate surface area is 131 Å². The zero-order chi connectivity index (χ0) is 16.0. The van der Waals surface area contributed by atoms with Crippen LogP contribution in [0.1, 0.15) is 38.7 Å². The van der Waals surface area contributed by atoms with Crippen LogP contribution in [0.15, 0.2) is 30.5 Å². The number of aliphatic hydroxyl groups excluding tert-OH is 1. The van der Waals surface area contributed by atoms with Crippen molar-refractivity contribution in [3.8, 4) is 0 Å². The normalized spacial score (nSPS) is 11.8. The molecule has 120 valence electrons. The highest BCUT2D eigenvalue weighted by Crippen LogP contribution is 2.20. The minimum atomic E-state index is -0.0588. The molecule has 0 aliphatic carbocycles. The quantitative estimate of drug-likeness (QED) is 0.656. The molecule has 0 aliphatic heterocycles.